The van der Waals surface area contributed by atoms with E-state index in [2.05, 4.69) is 18.5 Å². The molecule has 0 aromatic carbocycles. The fourth-order valence-electron chi connectivity index (χ4n) is 1.42. The van der Waals surface area contributed by atoms with E-state index in [1.54, 1.807) is 0 Å². The molecule has 0 aliphatic carbocycles. The summed E-state index contributed by atoms with van der Waals surface area (Å²) in [6.07, 6.45) is 7.47. The van der Waals surface area contributed by atoms with Crippen LogP contribution in [0.3, 0.4) is 0 Å². The predicted octanol–water partition coefficient (Wildman–Crippen LogP) is 3.29. The molecule has 2 heteroatoms. The molecule has 0 atom stereocenters. The molecule has 74 valence electrons. The van der Waals surface area contributed by atoms with Gasteiger partial charge >= 0.3 is 0 Å². The minimum absolute atomic E-state index is 0.671. The minimum Gasteiger partial charge on any atom is -0.446 e. The summed E-state index contributed by atoms with van der Waals surface area (Å²) in [7, 11) is 0. The smallest absolute Gasteiger partial charge is 0.190 e. The van der Waals surface area contributed by atoms with Gasteiger partial charge in [-0.3, -0.25) is 0 Å². The molecular weight excluding hydrogens is 162 g/mol. The van der Waals surface area contributed by atoms with Gasteiger partial charge in [0, 0.05) is 6.42 Å². The van der Waals surface area contributed by atoms with Gasteiger partial charge in [-0.15, -0.1) is 0 Å². The van der Waals surface area contributed by atoms with Crippen molar-refractivity contribution < 1.29 is 4.74 Å². The zero-order valence-corrected chi connectivity index (χ0v) is 8.51. The molecule has 0 saturated heterocycles. The number of hydrogen-bond donors (Lipinski definition) is 0. The van der Waals surface area contributed by atoms with Crippen LogP contribution in [0.5, 0.6) is 0 Å². The summed E-state index contributed by atoms with van der Waals surface area (Å²) >= 11 is 0. The van der Waals surface area contributed by atoms with Gasteiger partial charge in [-0.1, -0.05) is 39.2 Å². The largest absolute Gasteiger partial charge is 0.446 e. The van der Waals surface area contributed by atoms with Gasteiger partial charge < -0.3 is 4.74 Å². The molecule has 0 aromatic heterocycles. The summed E-state index contributed by atoms with van der Waals surface area (Å²) in [6.45, 7) is 6.63. The van der Waals surface area contributed by atoms with E-state index in [9.17, 15) is 0 Å². The first-order chi connectivity index (χ1) is 6.33. The van der Waals surface area contributed by atoms with Crippen LogP contribution >= 0.6 is 0 Å². The summed E-state index contributed by atoms with van der Waals surface area (Å²) in [5, 5.41) is 0. The summed E-state index contributed by atoms with van der Waals surface area (Å²) in [5.74, 6) is 1.69. The molecule has 13 heavy (non-hydrogen) atoms. The third kappa shape index (κ3) is 4.11. The van der Waals surface area contributed by atoms with Crippen LogP contribution in [0.25, 0.3) is 0 Å². The molecule has 0 unspecified atom stereocenters. The van der Waals surface area contributed by atoms with Crippen LogP contribution < -0.4 is 0 Å². The first-order valence-electron chi connectivity index (χ1n) is 5.22. The lowest BCUT2D eigenvalue weighted by molar-refractivity contribution is 0.424. The van der Waals surface area contributed by atoms with Crippen molar-refractivity contribution in [1.29, 1.82) is 0 Å². The maximum absolute atomic E-state index is 5.32. The molecule has 2 nitrogen and oxygen atoms in total. The lowest BCUT2D eigenvalue weighted by atomic mass is 10.1. The van der Waals surface area contributed by atoms with Crippen molar-refractivity contribution in [2.45, 2.75) is 45.4 Å². The monoisotopic (exact) mass is 181 g/mol. The number of rotatable bonds is 6. The van der Waals surface area contributed by atoms with Gasteiger partial charge in [-0.05, 0) is 6.42 Å². The number of nitrogens with zero attached hydrogens (tertiary/aromatic N) is 1. The van der Waals surface area contributed by atoms with Crippen LogP contribution in [0.15, 0.2) is 17.3 Å². The van der Waals surface area contributed by atoms with E-state index < -0.39 is 0 Å². The topological polar surface area (TPSA) is 21.6 Å². The van der Waals surface area contributed by atoms with Crippen molar-refractivity contribution in [3.05, 3.63) is 12.3 Å². The van der Waals surface area contributed by atoms with E-state index in [-0.39, 0.29) is 0 Å². The van der Waals surface area contributed by atoms with Gasteiger partial charge in [0.2, 0.25) is 0 Å². The normalized spacial score (nSPS) is 15.8. The van der Waals surface area contributed by atoms with E-state index in [0.717, 1.165) is 18.1 Å². The number of ether oxygens (including phenoxy) is 1. The van der Waals surface area contributed by atoms with Crippen LogP contribution in [0.2, 0.25) is 0 Å². The predicted molar refractivity (Wildman–Crippen MR) is 55.9 cm³/mol. The molecule has 1 rings (SSSR count). The van der Waals surface area contributed by atoms with Crippen molar-refractivity contribution >= 4 is 5.90 Å². The van der Waals surface area contributed by atoms with Crippen molar-refractivity contribution in [2.24, 2.45) is 4.99 Å². The van der Waals surface area contributed by atoms with Gasteiger partial charge in [0.15, 0.2) is 5.90 Å². The van der Waals surface area contributed by atoms with Crippen LogP contribution in [0.1, 0.15) is 45.4 Å². The Hall–Kier alpha value is -0.790. The third-order valence-corrected chi connectivity index (χ3v) is 2.19. The molecule has 0 fully saturated rings. The molecule has 0 saturated carbocycles. The molecule has 0 bridgehead atoms. The second-order valence-corrected chi connectivity index (χ2v) is 3.51. The molecule has 0 aromatic rings. The van der Waals surface area contributed by atoms with Crippen LogP contribution in [0.4, 0.5) is 0 Å². The number of hydrogen-bond acceptors (Lipinski definition) is 2. The van der Waals surface area contributed by atoms with E-state index in [1.165, 1.54) is 32.1 Å². The summed E-state index contributed by atoms with van der Waals surface area (Å²) in [6, 6.07) is 0. The van der Waals surface area contributed by atoms with E-state index in [1.807, 2.05) is 0 Å². The van der Waals surface area contributed by atoms with Gasteiger partial charge in [-0.2, -0.15) is 0 Å². The summed E-state index contributed by atoms with van der Waals surface area (Å²) in [4.78, 5) is 4.23. The lowest BCUT2D eigenvalue weighted by Crippen LogP contribution is -1.96. The zero-order valence-electron chi connectivity index (χ0n) is 8.51. The SMILES string of the molecule is C=C1CN=C(CCCCCCC)O1. The Morgan fingerprint density at radius 2 is 2.08 bits per heavy atom. The lowest BCUT2D eigenvalue weighted by Gasteiger charge is -2.01. The van der Waals surface area contributed by atoms with Gasteiger partial charge in [0.1, 0.15) is 5.76 Å². The van der Waals surface area contributed by atoms with Crippen LogP contribution in [-0.2, 0) is 4.74 Å². The quantitative estimate of drug-likeness (QED) is 0.576. The highest BCUT2D eigenvalue weighted by Crippen LogP contribution is 2.12. The molecule has 1 heterocycles. The Kier molecular flexibility index (Phi) is 4.58. The van der Waals surface area contributed by atoms with E-state index >= 15 is 0 Å². The first-order valence-corrected chi connectivity index (χ1v) is 5.22. The second-order valence-electron chi connectivity index (χ2n) is 3.51. The molecule has 0 radical (unpaired) electrons. The minimum atomic E-state index is 0.671. The fraction of sp³-hybridized carbons (Fsp3) is 0.727. The highest BCUT2D eigenvalue weighted by molar-refractivity contribution is 5.78. The van der Waals surface area contributed by atoms with Crippen molar-refractivity contribution in [1.82, 2.24) is 0 Å². The maximum atomic E-state index is 5.32. The van der Waals surface area contributed by atoms with Gasteiger partial charge in [0.05, 0.1) is 6.54 Å². The maximum Gasteiger partial charge on any atom is 0.190 e. The average molecular weight is 181 g/mol. The average Bonchev–Trinajstić information content (AvgIpc) is 2.51. The summed E-state index contributed by atoms with van der Waals surface area (Å²) < 4.78 is 5.32. The molecule has 0 spiro atoms. The fourth-order valence-corrected chi connectivity index (χ4v) is 1.42. The zero-order chi connectivity index (χ0) is 9.52. The standard InChI is InChI=1S/C11H19NO/c1-3-4-5-6-7-8-11-12-9-10(2)13-11/h2-9H2,1H3. The molecule has 1 aliphatic rings. The first kappa shape index (κ1) is 10.3. The Labute approximate surface area is 80.7 Å². The Morgan fingerprint density at radius 3 is 2.69 bits per heavy atom. The highest BCUT2D eigenvalue weighted by atomic mass is 16.5. The van der Waals surface area contributed by atoms with Gasteiger partial charge in [-0.25, -0.2) is 4.99 Å². The third-order valence-electron chi connectivity index (χ3n) is 2.19. The number of unbranched alkanes of at least 4 members (excludes halogenated alkanes) is 4. The molecule has 0 amide bonds. The Bertz CT molecular complexity index is 196. The Morgan fingerprint density at radius 1 is 1.31 bits per heavy atom. The van der Waals surface area contributed by atoms with Gasteiger partial charge in [0.25, 0.3) is 0 Å². The highest BCUT2D eigenvalue weighted by Gasteiger charge is 2.09. The molecular formula is C11H19NO. The van der Waals surface area contributed by atoms with E-state index in [0.29, 0.717) is 6.54 Å². The van der Waals surface area contributed by atoms with Crippen LogP contribution in [-0.4, -0.2) is 12.4 Å². The second kappa shape index (κ2) is 5.79. The summed E-state index contributed by atoms with van der Waals surface area (Å²) in [5.41, 5.74) is 0. The van der Waals surface area contributed by atoms with Crippen molar-refractivity contribution in [3.8, 4) is 0 Å². The van der Waals surface area contributed by atoms with Crippen LogP contribution in [0, 0.1) is 0 Å². The van der Waals surface area contributed by atoms with Crippen molar-refractivity contribution in [3.63, 3.8) is 0 Å². The number of aliphatic imine (C=N–C) groups is 1. The Balaban J connectivity index is 1.97. The molecule has 1 aliphatic heterocycles. The van der Waals surface area contributed by atoms with Crippen molar-refractivity contribution in [2.75, 3.05) is 6.54 Å². The molecule has 0 N–H and O–H groups in total. The van der Waals surface area contributed by atoms with E-state index in [4.69, 9.17) is 4.74 Å².